The lowest BCUT2D eigenvalue weighted by molar-refractivity contribution is -0.150. The summed E-state index contributed by atoms with van der Waals surface area (Å²) in [5.41, 5.74) is 0. The van der Waals surface area contributed by atoms with Crippen molar-refractivity contribution in [1.82, 2.24) is 0 Å². The van der Waals surface area contributed by atoms with Crippen LogP contribution in [0, 0.1) is 0 Å². The monoisotopic (exact) mass is 216 g/mol. The van der Waals surface area contributed by atoms with Crippen molar-refractivity contribution in [1.29, 1.82) is 0 Å². The van der Waals surface area contributed by atoms with E-state index in [1.807, 2.05) is 0 Å². The first kappa shape index (κ1) is 12.3. The van der Waals surface area contributed by atoms with Gasteiger partial charge >= 0.3 is 12.1 Å². The molecular weight excluding hydrogens is 209 g/mol. The predicted octanol–water partition coefficient (Wildman–Crippen LogP) is 1.67. The topological polar surface area (TPSA) is 54.4 Å². The average Bonchev–Trinajstić information content (AvgIpc) is 1.81. The van der Waals surface area contributed by atoms with Gasteiger partial charge in [-0.1, -0.05) is 11.8 Å². The SMILES string of the molecule is CC(=O)SC(CC(=O)O)C(F)(F)F. The summed E-state index contributed by atoms with van der Waals surface area (Å²) >= 11 is -0.00991. The molecule has 0 aliphatic heterocycles. The van der Waals surface area contributed by atoms with E-state index in [0.717, 1.165) is 6.92 Å². The van der Waals surface area contributed by atoms with Gasteiger partial charge in [0.25, 0.3) is 0 Å². The van der Waals surface area contributed by atoms with E-state index < -0.39 is 28.9 Å². The van der Waals surface area contributed by atoms with Crippen molar-refractivity contribution in [3.05, 3.63) is 0 Å². The number of hydrogen-bond donors (Lipinski definition) is 1. The zero-order valence-electron chi connectivity index (χ0n) is 6.59. The number of halogens is 3. The first-order valence-electron chi connectivity index (χ1n) is 3.19. The van der Waals surface area contributed by atoms with Crippen molar-refractivity contribution in [3.63, 3.8) is 0 Å². The molecule has 0 bridgehead atoms. The van der Waals surface area contributed by atoms with Gasteiger partial charge in [0.1, 0.15) is 5.25 Å². The van der Waals surface area contributed by atoms with Crippen molar-refractivity contribution >= 4 is 22.8 Å². The van der Waals surface area contributed by atoms with Crippen LogP contribution in [0.1, 0.15) is 13.3 Å². The number of thioether (sulfide) groups is 1. The van der Waals surface area contributed by atoms with Crippen LogP contribution in [-0.2, 0) is 9.59 Å². The average molecular weight is 216 g/mol. The fraction of sp³-hybridized carbons (Fsp3) is 0.667. The maximum atomic E-state index is 12.0. The van der Waals surface area contributed by atoms with Crippen LogP contribution >= 0.6 is 11.8 Å². The number of carboxylic acid groups (broad SMARTS) is 1. The normalized spacial score (nSPS) is 13.8. The van der Waals surface area contributed by atoms with Gasteiger partial charge in [-0.15, -0.1) is 0 Å². The summed E-state index contributed by atoms with van der Waals surface area (Å²) in [6, 6.07) is 0. The molecule has 0 heterocycles. The number of carboxylic acids is 1. The maximum absolute atomic E-state index is 12.0. The Morgan fingerprint density at radius 1 is 1.46 bits per heavy atom. The van der Waals surface area contributed by atoms with E-state index >= 15 is 0 Å². The first-order chi connectivity index (χ1) is 5.73. The lowest BCUT2D eigenvalue weighted by Crippen LogP contribution is -2.29. The molecule has 0 spiro atoms. The molecule has 7 heteroatoms. The third kappa shape index (κ3) is 5.51. The number of alkyl halides is 3. The highest BCUT2D eigenvalue weighted by molar-refractivity contribution is 8.14. The summed E-state index contributed by atoms with van der Waals surface area (Å²) in [5, 5.41) is 5.24. The van der Waals surface area contributed by atoms with Crippen molar-refractivity contribution in [2.75, 3.05) is 0 Å². The second kappa shape index (κ2) is 4.50. The Bertz CT molecular complexity index is 198. The molecule has 0 saturated heterocycles. The van der Waals surface area contributed by atoms with E-state index in [-0.39, 0.29) is 11.8 Å². The Morgan fingerprint density at radius 2 is 1.92 bits per heavy atom. The highest BCUT2D eigenvalue weighted by Crippen LogP contribution is 2.32. The van der Waals surface area contributed by atoms with Gasteiger partial charge in [-0.2, -0.15) is 13.2 Å². The van der Waals surface area contributed by atoms with Gasteiger partial charge in [0, 0.05) is 6.92 Å². The molecule has 13 heavy (non-hydrogen) atoms. The molecule has 0 aliphatic carbocycles. The molecule has 3 nitrogen and oxygen atoms in total. The third-order valence-electron chi connectivity index (χ3n) is 1.03. The Kier molecular flexibility index (Phi) is 4.25. The fourth-order valence-corrected chi connectivity index (χ4v) is 1.34. The molecule has 1 unspecified atom stereocenters. The summed E-state index contributed by atoms with van der Waals surface area (Å²) < 4.78 is 36.0. The molecule has 0 fully saturated rings. The molecule has 0 amide bonds. The number of hydrogen-bond acceptors (Lipinski definition) is 3. The molecule has 1 atom stereocenters. The van der Waals surface area contributed by atoms with Crippen LogP contribution in [0.15, 0.2) is 0 Å². The highest BCUT2D eigenvalue weighted by Gasteiger charge is 2.42. The Morgan fingerprint density at radius 3 is 2.15 bits per heavy atom. The largest absolute Gasteiger partial charge is 0.481 e. The maximum Gasteiger partial charge on any atom is 0.401 e. The number of rotatable bonds is 3. The van der Waals surface area contributed by atoms with Gasteiger partial charge in [-0.25, -0.2) is 0 Å². The highest BCUT2D eigenvalue weighted by atomic mass is 32.2. The number of carbonyl (C=O) groups is 2. The molecule has 0 aromatic heterocycles. The predicted molar refractivity (Wildman–Crippen MR) is 40.4 cm³/mol. The molecule has 0 aromatic rings. The van der Waals surface area contributed by atoms with Crippen LogP contribution in [0.3, 0.4) is 0 Å². The number of aliphatic carboxylic acids is 1. The van der Waals surface area contributed by atoms with Crippen LogP contribution in [0.5, 0.6) is 0 Å². The van der Waals surface area contributed by atoms with Crippen molar-refractivity contribution < 1.29 is 27.9 Å². The smallest absolute Gasteiger partial charge is 0.401 e. The lowest BCUT2D eigenvalue weighted by atomic mass is 10.3. The van der Waals surface area contributed by atoms with Gasteiger partial charge in [-0.05, 0) is 0 Å². The Balaban J connectivity index is 4.37. The molecule has 1 N–H and O–H groups in total. The van der Waals surface area contributed by atoms with Crippen LogP contribution in [0.25, 0.3) is 0 Å². The minimum absolute atomic E-state index is 0.00991. The molecule has 0 radical (unpaired) electrons. The summed E-state index contributed by atoms with van der Waals surface area (Å²) in [7, 11) is 0. The van der Waals surface area contributed by atoms with E-state index in [2.05, 4.69) is 0 Å². The molecule has 0 rings (SSSR count). The van der Waals surface area contributed by atoms with Crippen molar-refractivity contribution in [2.24, 2.45) is 0 Å². The molecule has 76 valence electrons. The summed E-state index contributed by atoms with van der Waals surface area (Å²) in [4.78, 5) is 20.4. The first-order valence-corrected chi connectivity index (χ1v) is 4.07. The van der Waals surface area contributed by atoms with Crippen LogP contribution < -0.4 is 0 Å². The van der Waals surface area contributed by atoms with Crippen molar-refractivity contribution in [3.8, 4) is 0 Å². The van der Waals surface area contributed by atoms with Crippen LogP contribution in [0.4, 0.5) is 13.2 Å². The second-order valence-corrected chi connectivity index (χ2v) is 3.62. The fourth-order valence-electron chi connectivity index (χ4n) is 0.583. The Hall–Kier alpha value is -0.720. The van der Waals surface area contributed by atoms with Crippen molar-refractivity contribution in [2.45, 2.75) is 24.8 Å². The minimum atomic E-state index is -4.66. The third-order valence-corrected chi connectivity index (χ3v) is 2.08. The molecule has 0 aromatic carbocycles. The molecule has 0 aliphatic rings. The Labute approximate surface area is 76.3 Å². The van der Waals surface area contributed by atoms with Gasteiger partial charge in [-0.3, -0.25) is 9.59 Å². The van der Waals surface area contributed by atoms with Gasteiger partial charge < -0.3 is 5.11 Å². The summed E-state index contributed by atoms with van der Waals surface area (Å²) in [6.45, 7) is 0.964. The van der Waals surface area contributed by atoms with E-state index in [1.165, 1.54) is 0 Å². The van der Waals surface area contributed by atoms with Crippen LogP contribution in [-0.4, -0.2) is 27.6 Å². The standard InChI is InChI=1S/C6H7F3O3S/c1-3(10)13-4(2-5(11)12)6(7,8)9/h4H,2H2,1H3,(H,11,12). The van der Waals surface area contributed by atoms with Gasteiger partial charge in [0.05, 0.1) is 6.42 Å². The van der Waals surface area contributed by atoms with E-state index in [0.29, 0.717) is 0 Å². The zero-order chi connectivity index (χ0) is 10.6. The van der Waals surface area contributed by atoms with E-state index in [4.69, 9.17) is 5.11 Å². The number of carbonyl (C=O) groups excluding carboxylic acids is 1. The van der Waals surface area contributed by atoms with E-state index in [1.54, 1.807) is 0 Å². The molecule has 0 saturated carbocycles. The van der Waals surface area contributed by atoms with E-state index in [9.17, 15) is 22.8 Å². The summed E-state index contributed by atoms with van der Waals surface area (Å²) in [6.07, 6.45) is -5.75. The second-order valence-electron chi connectivity index (χ2n) is 2.24. The van der Waals surface area contributed by atoms with Crippen LogP contribution in [0.2, 0.25) is 0 Å². The van der Waals surface area contributed by atoms with Gasteiger partial charge in [0.15, 0.2) is 5.12 Å². The summed E-state index contributed by atoms with van der Waals surface area (Å²) in [5.74, 6) is -1.57. The quantitative estimate of drug-likeness (QED) is 0.779. The lowest BCUT2D eigenvalue weighted by Gasteiger charge is -2.15. The minimum Gasteiger partial charge on any atom is -0.481 e. The zero-order valence-corrected chi connectivity index (χ0v) is 7.41. The van der Waals surface area contributed by atoms with Gasteiger partial charge in [0.2, 0.25) is 0 Å². The molecular formula is C6H7F3O3S.